The minimum atomic E-state index is -0.577. The van der Waals surface area contributed by atoms with Crippen molar-refractivity contribution in [2.24, 2.45) is 0 Å². The zero-order valence-electron chi connectivity index (χ0n) is 16.8. The van der Waals surface area contributed by atoms with Crippen LogP contribution >= 0.6 is 35.0 Å². The number of benzene rings is 2. The summed E-state index contributed by atoms with van der Waals surface area (Å²) in [5.41, 5.74) is 1.98. The molecule has 4 nitrogen and oxygen atoms in total. The second kappa shape index (κ2) is 11.5. The smallest absolute Gasteiger partial charge is 0.242 e. The molecule has 7 heteroatoms. The maximum absolute atomic E-state index is 13.0. The summed E-state index contributed by atoms with van der Waals surface area (Å²) in [5, 5.41) is 4.20. The molecule has 1 N–H and O–H groups in total. The van der Waals surface area contributed by atoms with E-state index in [4.69, 9.17) is 23.2 Å². The number of hydrogen-bond donors (Lipinski definition) is 1. The van der Waals surface area contributed by atoms with Gasteiger partial charge in [0.15, 0.2) is 0 Å². The quantitative estimate of drug-likeness (QED) is 0.570. The van der Waals surface area contributed by atoms with Gasteiger partial charge in [-0.05, 0) is 56.2 Å². The Balaban J connectivity index is 2.06. The first-order valence-electron chi connectivity index (χ1n) is 9.42. The molecule has 0 fully saturated rings. The lowest BCUT2D eigenvalue weighted by atomic mass is 10.1. The number of nitrogens with zero attached hydrogens (tertiary/aromatic N) is 1. The van der Waals surface area contributed by atoms with Gasteiger partial charge in [-0.25, -0.2) is 0 Å². The number of halogens is 2. The van der Waals surface area contributed by atoms with E-state index in [1.807, 2.05) is 50.2 Å². The van der Waals surface area contributed by atoms with Gasteiger partial charge in [0.05, 0.1) is 5.75 Å². The summed E-state index contributed by atoms with van der Waals surface area (Å²) >= 11 is 13.5. The lowest BCUT2D eigenvalue weighted by molar-refractivity contribution is -0.138. The van der Waals surface area contributed by atoms with E-state index < -0.39 is 6.04 Å². The van der Waals surface area contributed by atoms with E-state index in [1.54, 1.807) is 24.0 Å². The van der Waals surface area contributed by atoms with Crippen LogP contribution in [0.15, 0.2) is 48.5 Å². The Morgan fingerprint density at radius 3 is 2.31 bits per heavy atom. The molecule has 0 heterocycles. The summed E-state index contributed by atoms with van der Waals surface area (Å²) in [6.07, 6.45) is 0. The molecule has 0 aromatic heterocycles. The Labute approximate surface area is 187 Å². The number of rotatable bonds is 9. The summed E-state index contributed by atoms with van der Waals surface area (Å²) in [7, 11) is 0. The van der Waals surface area contributed by atoms with Gasteiger partial charge in [0.25, 0.3) is 0 Å². The fourth-order valence-electron chi connectivity index (χ4n) is 2.74. The molecule has 2 rings (SSSR count). The van der Waals surface area contributed by atoms with Crippen molar-refractivity contribution >= 4 is 46.8 Å². The molecule has 0 aliphatic carbocycles. The molecule has 2 aromatic rings. The molecule has 2 aromatic carbocycles. The third-order valence-corrected chi connectivity index (χ3v) is 5.72. The van der Waals surface area contributed by atoms with Gasteiger partial charge in [0, 0.05) is 28.4 Å². The van der Waals surface area contributed by atoms with Crippen molar-refractivity contribution < 1.29 is 9.59 Å². The first-order valence-corrected chi connectivity index (χ1v) is 11.3. The van der Waals surface area contributed by atoms with Crippen LogP contribution in [0.25, 0.3) is 0 Å². The van der Waals surface area contributed by atoms with Crippen molar-refractivity contribution in [3.05, 3.63) is 69.7 Å². The van der Waals surface area contributed by atoms with Crippen LogP contribution in [0.2, 0.25) is 10.0 Å². The van der Waals surface area contributed by atoms with Crippen LogP contribution < -0.4 is 5.32 Å². The summed E-state index contributed by atoms with van der Waals surface area (Å²) in [6, 6.07) is 14.3. The molecular formula is C22H26Cl2N2O2S. The maximum atomic E-state index is 13.0. The average Bonchev–Trinajstić information content (AvgIpc) is 2.66. The molecule has 0 bridgehead atoms. The van der Waals surface area contributed by atoms with Gasteiger partial charge >= 0.3 is 0 Å². The lowest BCUT2D eigenvalue weighted by Gasteiger charge is -2.29. The number of amides is 2. The number of hydrogen-bond acceptors (Lipinski definition) is 3. The van der Waals surface area contributed by atoms with E-state index in [9.17, 15) is 9.59 Å². The Morgan fingerprint density at radius 2 is 1.69 bits per heavy atom. The highest BCUT2D eigenvalue weighted by atomic mass is 35.5. The Morgan fingerprint density at radius 1 is 1.00 bits per heavy atom. The number of carbonyl (C=O) groups excluding carboxylic acids is 2. The molecule has 0 aliphatic rings. The summed E-state index contributed by atoms with van der Waals surface area (Å²) in [5.74, 6) is 0.702. The van der Waals surface area contributed by atoms with E-state index in [1.165, 1.54) is 11.8 Å². The van der Waals surface area contributed by atoms with Crippen LogP contribution in [0.5, 0.6) is 0 Å². The molecular weight excluding hydrogens is 427 g/mol. The van der Waals surface area contributed by atoms with Crippen LogP contribution in [-0.2, 0) is 21.9 Å². The Kier molecular flexibility index (Phi) is 9.34. The summed E-state index contributed by atoms with van der Waals surface area (Å²) in [4.78, 5) is 27.1. The highest BCUT2D eigenvalue weighted by Crippen LogP contribution is 2.19. The van der Waals surface area contributed by atoms with Crippen molar-refractivity contribution in [1.29, 1.82) is 0 Å². The van der Waals surface area contributed by atoms with Crippen molar-refractivity contribution in [2.45, 2.75) is 45.2 Å². The molecule has 0 radical (unpaired) electrons. The highest BCUT2D eigenvalue weighted by molar-refractivity contribution is 7.99. The molecule has 0 saturated carbocycles. The zero-order chi connectivity index (χ0) is 21.4. The average molecular weight is 453 g/mol. The molecule has 1 unspecified atom stereocenters. The van der Waals surface area contributed by atoms with Crippen molar-refractivity contribution in [3.63, 3.8) is 0 Å². The minimum Gasteiger partial charge on any atom is -0.352 e. The standard InChI is InChI=1S/C22H26Cl2N2O2S/c1-15(2)25-22(28)16(3)26(12-17-7-9-19(23)10-8-17)21(27)14-29-13-18-5-4-6-20(24)11-18/h4-11,15-16H,12-14H2,1-3H3,(H,25,28). The van der Waals surface area contributed by atoms with Gasteiger partial charge in [-0.1, -0.05) is 47.5 Å². The lowest BCUT2D eigenvalue weighted by Crippen LogP contribution is -2.49. The monoisotopic (exact) mass is 452 g/mol. The van der Waals surface area contributed by atoms with E-state index in [-0.39, 0.29) is 23.6 Å². The molecule has 1 atom stereocenters. The van der Waals surface area contributed by atoms with Crippen molar-refractivity contribution in [3.8, 4) is 0 Å². The summed E-state index contributed by atoms with van der Waals surface area (Å²) in [6.45, 7) is 5.90. The largest absolute Gasteiger partial charge is 0.352 e. The van der Waals surface area contributed by atoms with Gasteiger partial charge in [0.2, 0.25) is 11.8 Å². The van der Waals surface area contributed by atoms with Gasteiger partial charge < -0.3 is 10.2 Å². The Hall–Kier alpha value is -1.69. The van der Waals surface area contributed by atoms with E-state index in [0.29, 0.717) is 22.3 Å². The second-order valence-corrected chi connectivity index (χ2v) is 8.97. The highest BCUT2D eigenvalue weighted by Gasteiger charge is 2.26. The molecule has 29 heavy (non-hydrogen) atoms. The fourth-order valence-corrected chi connectivity index (χ4v) is 3.94. The van der Waals surface area contributed by atoms with Crippen LogP contribution in [0.4, 0.5) is 0 Å². The van der Waals surface area contributed by atoms with Gasteiger partial charge in [-0.15, -0.1) is 11.8 Å². The van der Waals surface area contributed by atoms with Crippen LogP contribution in [-0.4, -0.2) is 34.6 Å². The van der Waals surface area contributed by atoms with Gasteiger partial charge in [0.1, 0.15) is 6.04 Å². The van der Waals surface area contributed by atoms with Crippen LogP contribution in [0.1, 0.15) is 31.9 Å². The number of nitrogens with one attached hydrogen (secondary N) is 1. The van der Waals surface area contributed by atoms with Crippen LogP contribution in [0.3, 0.4) is 0 Å². The Bertz CT molecular complexity index is 828. The van der Waals surface area contributed by atoms with Crippen molar-refractivity contribution in [1.82, 2.24) is 10.2 Å². The summed E-state index contributed by atoms with van der Waals surface area (Å²) < 4.78 is 0. The molecule has 0 aliphatic heterocycles. The maximum Gasteiger partial charge on any atom is 0.242 e. The molecule has 156 valence electrons. The first-order chi connectivity index (χ1) is 13.8. The fraction of sp³-hybridized carbons (Fsp3) is 0.364. The molecule has 0 saturated heterocycles. The van der Waals surface area contributed by atoms with E-state index >= 15 is 0 Å². The van der Waals surface area contributed by atoms with Gasteiger partial charge in [-0.2, -0.15) is 0 Å². The normalized spacial score (nSPS) is 11.9. The van der Waals surface area contributed by atoms with E-state index in [2.05, 4.69) is 5.32 Å². The predicted octanol–water partition coefficient (Wildman–Crippen LogP) is 5.17. The minimum absolute atomic E-state index is 0.00892. The third-order valence-electron chi connectivity index (χ3n) is 4.25. The van der Waals surface area contributed by atoms with E-state index in [0.717, 1.165) is 11.1 Å². The predicted molar refractivity (Wildman–Crippen MR) is 122 cm³/mol. The van der Waals surface area contributed by atoms with Crippen molar-refractivity contribution in [2.75, 3.05) is 5.75 Å². The molecule has 0 spiro atoms. The number of carbonyl (C=O) groups is 2. The molecule has 2 amide bonds. The zero-order valence-corrected chi connectivity index (χ0v) is 19.2. The topological polar surface area (TPSA) is 49.4 Å². The first kappa shape index (κ1) is 23.6. The third kappa shape index (κ3) is 7.92. The number of thioether (sulfide) groups is 1. The SMILES string of the molecule is CC(C)NC(=O)C(C)N(Cc1ccc(Cl)cc1)C(=O)CSCc1cccc(Cl)c1. The van der Waals surface area contributed by atoms with Crippen LogP contribution in [0, 0.1) is 0 Å². The second-order valence-electron chi connectivity index (χ2n) is 7.11. The van der Waals surface area contributed by atoms with Gasteiger partial charge in [-0.3, -0.25) is 9.59 Å².